The molecule has 0 aliphatic heterocycles. The number of aryl methyl sites for hydroxylation is 2. The van der Waals surface area contributed by atoms with Gasteiger partial charge >= 0.3 is 0 Å². The number of pyridine rings is 1. The van der Waals surface area contributed by atoms with Crippen LogP contribution in [-0.4, -0.2) is 33.0 Å². The van der Waals surface area contributed by atoms with Crippen LogP contribution in [0, 0.1) is 6.92 Å². The van der Waals surface area contributed by atoms with Gasteiger partial charge in [-0.1, -0.05) is 6.07 Å². The van der Waals surface area contributed by atoms with Crippen molar-refractivity contribution in [3.63, 3.8) is 0 Å². The number of hydrogen-bond acceptors (Lipinski definition) is 5. The van der Waals surface area contributed by atoms with Crippen molar-refractivity contribution in [2.24, 2.45) is 0 Å². The number of anilines is 1. The van der Waals surface area contributed by atoms with E-state index in [2.05, 4.69) is 36.9 Å². The highest BCUT2D eigenvalue weighted by atomic mass is 16.3. The molecular formula is C19H25N5O. The molecule has 6 nitrogen and oxygen atoms in total. The molecule has 0 saturated carbocycles. The van der Waals surface area contributed by atoms with Crippen LogP contribution in [0.3, 0.4) is 0 Å². The van der Waals surface area contributed by atoms with E-state index >= 15 is 0 Å². The normalized spacial score (nSPS) is 11.2. The van der Waals surface area contributed by atoms with Crippen LogP contribution in [0.4, 0.5) is 5.82 Å². The Labute approximate surface area is 148 Å². The summed E-state index contributed by atoms with van der Waals surface area (Å²) in [5.74, 6) is 2.87. The highest BCUT2D eigenvalue weighted by Gasteiger charge is 2.12. The van der Waals surface area contributed by atoms with E-state index in [0.29, 0.717) is 0 Å². The van der Waals surface area contributed by atoms with E-state index in [0.717, 1.165) is 49.9 Å². The van der Waals surface area contributed by atoms with E-state index in [9.17, 15) is 0 Å². The van der Waals surface area contributed by atoms with Crippen molar-refractivity contribution in [2.75, 3.05) is 18.9 Å². The minimum absolute atomic E-state index is 0.788. The fourth-order valence-electron chi connectivity index (χ4n) is 2.93. The summed E-state index contributed by atoms with van der Waals surface area (Å²) in [6, 6.07) is 8.18. The van der Waals surface area contributed by atoms with Crippen LogP contribution in [0.5, 0.6) is 0 Å². The van der Waals surface area contributed by atoms with E-state index in [1.54, 1.807) is 0 Å². The lowest BCUT2D eigenvalue weighted by molar-refractivity contribution is 0.227. The monoisotopic (exact) mass is 339 g/mol. The molecule has 3 aromatic rings. The maximum Gasteiger partial charge on any atom is 0.130 e. The molecule has 1 N–H and O–H groups in total. The van der Waals surface area contributed by atoms with Crippen LogP contribution >= 0.6 is 0 Å². The van der Waals surface area contributed by atoms with E-state index < -0.39 is 0 Å². The van der Waals surface area contributed by atoms with Crippen LogP contribution in [0.25, 0.3) is 0 Å². The molecule has 6 heteroatoms. The molecular weight excluding hydrogens is 314 g/mol. The summed E-state index contributed by atoms with van der Waals surface area (Å²) in [6.07, 6.45) is 8.54. The van der Waals surface area contributed by atoms with Gasteiger partial charge in [0.05, 0.1) is 12.9 Å². The molecule has 0 unspecified atom stereocenters. The molecule has 0 fully saturated rings. The predicted octanol–water partition coefficient (Wildman–Crippen LogP) is 3.31. The fourth-order valence-corrected chi connectivity index (χ4v) is 2.93. The zero-order chi connectivity index (χ0) is 17.5. The zero-order valence-electron chi connectivity index (χ0n) is 14.9. The van der Waals surface area contributed by atoms with E-state index in [1.165, 1.54) is 5.56 Å². The van der Waals surface area contributed by atoms with Crippen LogP contribution < -0.4 is 5.32 Å². The van der Waals surface area contributed by atoms with Gasteiger partial charge in [-0.15, -0.1) is 0 Å². The van der Waals surface area contributed by atoms with Gasteiger partial charge in [0.15, 0.2) is 0 Å². The van der Waals surface area contributed by atoms with Gasteiger partial charge in [0.2, 0.25) is 0 Å². The standard InChI is InChI=1S/C19H25N5O/c1-16-6-7-18(25-16)14-24(11-4-10-23-12-9-21-15-23)13-17-5-3-8-22-19(17)20-2/h3,5-9,12,15H,4,10-11,13-14H2,1-2H3,(H,20,22). The number of furan rings is 1. The Hall–Kier alpha value is -2.60. The second-order valence-corrected chi connectivity index (χ2v) is 6.14. The molecule has 132 valence electrons. The number of hydrogen-bond donors (Lipinski definition) is 1. The number of rotatable bonds is 9. The molecule has 0 bridgehead atoms. The minimum atomic E-state index is 0.788. The number of aromatic nitrogens is 3. The van der Waals surface area contributed by atoms with Crippen molar-refractivity contribution in [3.05, 3.63) is 66.3 Å². The van der Waals surface area contributed by atoms with Crippen LogP contribution in [0.2, 0.25) is 0 Å². The number of imidazole rings is 1. The third-order valence-electron chi connectivity index (χ3n) is 4.15. The van der Waals surface area contributed by atoms with Gasteiger partial charge in [0.25, 0.3) is 0 Å². The Morgan fingerprint density at radius 1 is 1.20 bits per heavy atom. The molecule has 0 aromatic carbocycles. The highest BCUT2D eigenvalue weighted by molar-refractivity contribution is 5.42. The molecule has 0 spiro atoms. The third-order valence-corrected chi connectivity index (χ3v) is 4.15. The molecule has 0 radical (unpaired) electrons. The summed E-state index contributed by atoms with van der Waals surface area (Å²) in [5, 5.41) is 3.17. The number of nitrogens with one attached hydrogen (secondary N) is 1. The Bertz CT molecular complexity index is 766. The molecule has 25 heavy (non-hydrogen) atoms. The summed E-state index contributed by atoms with van der Waals surface area (Å²) in [5.41, 5.74) is 1.19. The van der Waals surface area contributed by atoms with Crippen molar-refractivity contribution in [3.8, 4) is 0 Å². The largest absolute Gasteiger partial charge is 0.465 e. The van der Waals surface area contributed by atoms with Gasteiger partial charge in [-0.05, 0) is 31.5 Å². The first-order valence-corrected chi connectivity index (χ1v) is 8.59. The Kier molecular flexibility index (Phi) is 5.85. The third kappa shape index (κ3) is 4.93. The van der Waals surface area contributed by atoms with Crippen molar-refractivity contribution in [1.29, 1.82) is 0 Å². The topological polar surface area (TPSA) is 59.1 Å². The molecule has 0 amide bonds. The Balaban J connectivity index is 1.66. The summed E-state index contributed by atoms with van der Waals surface area (Å²) < 4.78 is 7.88. The second kappa shape index (κ2) is 8.48. The smallest absolute Gasteiger partial charge is 0.130 e. The molecule has 0 aliphatic rings. The lowest BCUT2D eigenvalue weighted by atomic mass is 10.2. The fraction of sp³-hybridized carbons (Fsp3) is 0.368. The molecule has 3 rings (SSSR count). The van der Waals surface area contributed by atoms with E-state index in [1.807, 2.05) is 51.0 Å². The molecule has 3 heterocycles. The van der Waals surface area contributed by atoms with Gasteiger partial charge in [-0.25, -0.2) is 9.97 Å². The summed E-state index contributed by atoms with van der Waals surface area (Å²) >= 11 is 0. The zero-order valence-corrected chi connectivity index (χ0v) is 14.9. The highest BCUT2D eigenvalue weighted by Crippen LogP contribution is 2.17. The minimum Gasteiger partial charge on any atom is -0.465 e. The van der Waals surface area contributed by atoms with Crippen molar-refractivity contribution >= 4 is 5.82 Å². The molecule has 0 aliphatic carbocycles. The van der Waals surface area contributed by atoms with E-state index in [4.69, 9.17) is 4.42 Å². The van der Waals surface area contributed by atoms with Crippen molar-refractivity contribution in [2.45, 2.75) is 33.0 Å². The summed E-state index contributed by atoms with van der Waals surface area (Å²) in [7, 11) is 1.91. The molecule has 0 atom stereocenters. The van der Waals surface area contributed by atoms with E-state index in [-0.39, 0.29) is 0 Å². The van der Waals surface area contributed by atoms with Crippen molar-refractivity contribution < 1.29 is 4.42 Å². The maximum atomic E-state index is 5.77. The SMILES string of the molecule is CNc1ncccc1CN(CCCn1ccnc1)Cc1ccc(C)o1. The average molecular weight is 339 g/mol. The van der Waals surface area contributed by atoms with Gasteiger partial charge in [-0.2, -0.15) is 0 Å². The molecule has 0 saturated heterocycles. The Morgan fingerprint density at radius 3 is 2.84 bits per heavy atom. The average Bonchev–Trinajstić information content (AvgIpc) is 3.27. The maximum absolute atomic E-state index is 5.77. The first-order valence-electron chi connectivity index (χ1n) is 8.59. The first-order chi connectivity index (χ1) is 12.2. The lowest BCUT2D eigenvalue weighted by Crippen LogP contribution is -2.25. The molecule has 3 aromatic heterocycles. The van der Waals surface area contributed by atoms with Gasteiger partial charge in [0.1, 0.15) is 17.3 Å². The van der Waals surface area contributed by atoms with Crippen LogP contribution in [0.15, 0.2) is 53.6 Å². The first kappa shape index (κ1) is 17.2. The lowest BCUT2D eigenvalue weighted by Gasteiger charge is -2.22. The van der Waals surface area contributed by atoms with Gasteiger partial charge < -0.3 is 14.3 Å². The number of nitrogens with zero attached hydrogens (tertiary/aromatic N) is 4. The summed E-state index contributed by atoms with van der Waals surface area (Å²) in [6.45, 7) is 5.52. The predicted molar refractivity (Wildman–Crippen MR) is 98.2 cm³/mol. The second-order valence-electron chi connectivity index (χ2n) is 6.14. The quantitative estimate of drug-likeness (QED) is 0.648. The van der Waals surface area contributed by atoms with Gasteiger partial charge in [-0.3, -0.25) is 4.90 Å². The van der Waals surface area contributed by atoms with Crippen LogP contribution in [-0.2, 0) is 19.6 Å². The van der Waals surface area contributed by atoms with Crippen LogP contribution in [0.1, 0.15) is 23.5 Å². The Morgan fingerprint density at radius 2 is 2.12 bits per heavy atom. The van der Waals surface area contributed by atoms with Crippen molar-refractivity contribution in [1.82, 2.24) is 19.4 Å². The van der Waals surface area contributed by atoms with Gasteiger partial charge in [0, 0.05) is 50.8 Å². The summed E-state index contributed by atoms with van der Waals surface area (Å²) in [4.78, 5) is 10.9.